The normalized spacial score (nSPS) is 12.2. The molecule has 1 heterocycles. The number of nitrogens with two attached hydrogens (primary N) is 2. The zero-order chi connectivity index (χ0) is 13.8. The molecule has 0 atom stereocenters. The summed E-state index contributed by atoms with van der Waals surface area (Å²) in [5.41, 5.74) is 7.36. The molecule has 0 unspecified atom stereocenters. The van der Waals surface area contributed by atoms with E-state index < -0.39 is 5.56 Å². The molecule has 0 saturated heterocycles. The van der Waals surface area contributed by atoms with Crippen molar-refractivity contribution in [1.82, 2.24) is 10.2 Å². The van der Waals surface area contributed by atoms with E-state index in [9.17, 15) is 4.79 Å². The van der Waals surface area contributed by atoms with E-state index in [2.05, 4.69) is 25.5 Å². The Hall–Kier alpha value is -2.90. The van der Waals surface area contributed by atoms with Gasteiger partial charge in [-0.2, -0.15) is 10.2 Å². The molecule has 8 heteroatoms. The summed E-state index contributed by atoms with van der Waals surface area (Å²) in [7, 11) is 0. The molecule has 0 aliphatic carbocycles. The van der Waals surface area contributed by atoms with Crippen molar-refractivity contribution in [2.24, 2.45) is 21.2 Å². The molecule has 0 radical (unpaired) electrons. The largest absolute Gasteiger partial charge is 0.382 e. The van der Waals surface area contributed by atoms with Crippen molar-refractivity contribution in [3.63, 3.8) is 0 Å². The fourth-order valence-corrected chi connectivity index (χ4v) is 1.42. The Balaban J connectivity index is 2.23. The summed E-state index contributed by atoms with van der Waals surface area (Å²) in [5, 5.41) is 16.1. The van der Waals surface area contributed by atoms with E-state index in [-0.39, 0.29) is 11.5 Å². The summed E-state index contributed by atoms with van der Waals surface area (Å²) < 4.78 is 0. The van der Waals surface area contributed by atoms with E-state index in [4.69, 9.17) is 11.6 Å². The van der Waals surface area contributed by atoms with Crippen LogP contribution in [0.2, 0.25) is 0 Å². The molecule has 0 amide bonds. The Kier molecular flexibility index (Phi) is 3.42. The van der Waals surface area contributed by atoms with E-state index >= 15 is 0 Å². The maximum absolute atomic E-state index is 11.3. The average Bonchev–Trinajstić information content (AvgIpc) is 2.75. The van der Waals surface area contributed by atoms with Crippen molar-refractivity contribution in [3.8, 4) is 0 Å². The molecule has 2 aromatic rings. The zero-order valence-corrected chi connectivity index (χ0v) is 10.2. The molecule has 0 bridgehead atoms. The number of benzene rings is 1. The highest BCUT2D eigenvalue weighted by Gasteiger charge is 2.04. The van der Waals surface area contributed by atoms with Crippen molar-refractivity contribution in [3.05, 3.63) is 40.2 Å². The fraction of sp³-hybridized carbons (Fsp3) is 0.0909. The molecule has 1 aromatic heterocycles. The van der Waals surface area contributed by atoms with Crippen molar-refractivity contribution in [2.75, 3.05) is 5.73 Å². The molecule has 0 fully saturated rings. The second-order valence-corrected chi connectivity index (χ2v) is 3.80. The lowest BCUT2D eigenvalue weighted by Gasteiger charge is -1.98. The van der Waals surface area contributed by atoms with Gasteiger partial charge in [0.15, 0.2) is 5.69 Å². The van der Waals surface area contributed by atoms with Gasteiger partial charge in [-0.3, -0.25) is 15.0 Å². The number of aromatic nitrogens is 2. The summed E-state index contributed by atoms with van der Waals surface area (Å²) in [5.74, 6) is 5.34. The molecule has 0 aliphatic heterocycles. The predicted octanol–water partition coefficient (Wildman–Crippen LogP) is 1.38. The minimum Gasteiger partial charge on any atom is -0.382 e. The maximum atomic E-state index is 11.3. The van der Waals surface area contributed by atoms with Crippen molar-refractivity contribution in [2.45, 2.75) is 6.92 Å². The van der Waals surface area contributed by atoms with Crippen molar-refractivity contribution < 1.29 is 0 Å². The van der Waals surface area contributed by atoms with Gasteiger partial charge in [0.05, 0.1) is 11.4 Å². The van der Waals surface area contributed by atoms with Crippen LogP contribution >= 0.6 is 0 Å². The molecule has 6 N–H and O–H groups in total. The lowest BCUT2D eigenvalue weighted by atomic mass is 10.1. The number of rotatable bonds is 3. The van der Waals surface area contributed by atoms with Crippen LogP contribution < -0.4 is 17.1 Å². The van der Waals surface area contributed by atoms with E-state index in [1.54, 1.807) is 19.1 Å². The van der Waals surface area contributed by atoms with Gasteiger partial charge in [0.25, 0.3) is 5.56 Å². The van der Waals surface area contributed by atoms with Gasteiger partial charge in [-0.1, -0.05) is 12.1 Å². The first-order valence-electron chi connectivity index (χ1n) is 5.44. The molecule has 2 rings (SSSR count). The fourth-order valence-electron chi connectivity index (χ4n) is 1.42. The highest BCUT2D eigenvalue weighted by atomic mass is 16.1. The Morgan fingerprint density at radius 3 is 2.37 bits per heavy atom. The minimum atomic E-state index is -0.413. The Labute approximate surface area is 108 Å². The van der Waals surface area contributed by atoms with Gasteiger partial charge >= 0.3 is 0 Å². The van der Waals surface area contributed by atoms with Crippen LogP contribution in [0.3, 0.4) is 0 Å². The van der Waals surface area contributed by atoms with Crippen LogP contribution in [0.25, 0.3) is 0 Å². The summed E-state index contributed by atoms with van der Waals surface area (Å²) >= 11 is 0. The minimum absolute atomic E-state index is 0.0591. The number of nitrogen functional groups attached to an aromatic ring is 1. The summed E-state index contributed by atoms with van der Waals surface area (Å²) in [6.45, 7) is 1.80. The topological polar surface area (TPSA) is 138 Å². The standard InChI is InChI=1S/C11H13N7O/c1-6(14-13)7-2-4-8(5-3-7)15-16-9-10(12)17-18-11(9)19/h2-5H,13H2,1H3,(H4,12,17,18,19)/b14-6+,16-15?. The Morgan fingerprint density at radius 1 is 1.16 bits per heavy atom. The Morgan fingerprint density at radius 2 is 1.84 bits per heavy atom. The van der Waals surface area contributed by atoms with Crippen LogP contribution in [0, 0.1) is 0 Å². The van der Waals surface area contributed by atoms with Crippen LogP contribution in [-0.4, -0.2) is 15.9 Å². The molecule has 19 heavy (non-hydrogen) atoms. The highest BCUT2D eigenvalue weighted by molar-refractivity contribution is 5.98. The summed E-state index contributed by atoms with van der Waals surface area (Å²) in [6, 6.07) is 7.10. The first kappa shape index (κ1) is 12.6. The average molecular weight is 259 g/mol. The molecular weight excluding hydrogens is 246 g/mol. The highest BCUT2D eigenvalue weighted by Crippen LogP contribution is 2.19. The molecular formula is C11H13N7O. The van der Waals surface area contributed by atoms with Gasteiger partial charge in [0.1, 0.15) is 5.82 Å². The first-order chi connectivity index (χ1) is 9.11. The van der Waals surface area contributed by atoms with Crippen LogP contribution in [-0.2, 0) is 0 Å². The number of azo groups is 1. The van der Waals surface area contributed by atoms with Gasteiger partial charge < -0.3 is 11.6 Å². The van der Waals surface area contributed by atoms with Crippen LogP contribution in [0.5, 0.6) is 0 Å². The van der Waals surface area contributed by atoms with Gasteiger partial charge in [-0.05, 0) is 24.6 Å². The van der Waals surface area contributed by atoms with Crippen molar-refractivity contribution >= 4 is 22.9 Å². The SMILES string of the molecule is C/C(=N\N)c1ccc(N=Nc2c(N)[nH][nH]c2=O)cc1. The van der Waals surface area contributed by atoms with Gasteiger partial charge in [-0.15, -0.1) is 5.11 Å². The quantitative estimate of drug-likeness (QED) is 0.286. The number of nitrogens with zero attached hydrogens (tertiary/aromatic N) is 3. The van der Waals surface area contributed by atoms with E-state index in [0.29, 0.717) is 5.69 Å². The van der Waals surface area contributed by atoms with Crippen LogP contribution in [0.1, 0.15) is 12.5 Å². The molecule has 0 saturated carbocycles. The number of hydrogen-bond donors (Lipinski definition) is 4. The second-order valence-electron chi connectivity index (χ2n) is 3.80. The van der Waals surface area contributed by atoms with Gasteiger partial charge in [-0.25, -0.2) is 0 Å². The molecule has 0 aliphatic rings. The number of hydrogen-bond acceptors (Lipinski definition) is 6. The lowest BCUT2D eigenvalue weighted by molar-refractivity contribution is 1.06. The summed E-state index contributed by atoms with van der Waals surface area (Å²) in [4.78, 5) is 11.3. The number of hydrazone groups is 1. The number of anilines is 1. The third-order valence-electron chi connectivity index (χ3n) is 2.53. The summed E-state index contributed by atoms with van der Waals surface area (Å²) in [6.07, 6.45) is 0. The lowest BCUT2D eigenvalue weighted by Crippen LogP contribution is -1.97. The number of H-pyrrole nitrogens is 2. The maximum Gasteiger partial charge on any atom is 0.293 e. The van der Waals surface area contributed by atoms with Crippen LogP contribution in [0.15, 0.2) is 44.4 Å². The van der Waals surface area contributed by atoms with Gasteiger partial charge in [0, 0.05) is 0 Å². The molecule has 0 spiro atoms. The van der Waals surface area contributed by atoms with Crippen LogP contribution in [0.4, 0.5) is 17.2 Å². The zero-order valence-electron chi connectivity index (χ0n) is 10.2. The first-order valence-corrected chi connectivity index (χ1v) is 5.44. The molecule has 1 aromatic carbocycles. The second kappa shape index (κ2) is 5.17. The monoisotopic (exact) mass is 259 g/mol. The molecule has 8 nitrogen and oxygen atoms in total. The smallest absolute Gasteiger partial charge is 0.293 e. The number of aromatic amines is 2. The third kappa shape index (κ3) is 2.68. The van der Waals surface area contributed by atoms with Crippen molar-refractivity contribution in [1.29, 1.82) is 0 Å². The van der Waals surface area contributed by atoms with E-state index in [1.807, 2.05) is 12.1 Å². The Bertz CT molecular complexity index is 678. The van der Waals surface area contributed by atoms with E-state index in [0.717, 1.165) is 11.3 Å². The predicted molar refractivity (Wildman–Crippen MR) is 72.8 cm³/mol. The number of nitrogens with one attached hydrogen (secondary N) is 2. The van der Waals surface area contributed by atoms with Gasteiger partial charge in [0.2, 0.25) is 0 Å². The molecule has 98 valence electrons. The third-order valence-corrected chi connectivity index (χ3v) is 2.53. The van der Waals surface area contributed by atoms with E-state index in [1.165, 1.54) is 0 Å².